The molecule has 4 heteroatoms. The second kappa shape index (κ2) is 7.34. The highest BCUT2D eigenvalue weighted by Gasteiger charge is 2.31. The fourth-order valence-corrected chi connectivity index (χ4v) is 3.90. The summed E-state index contributed by atoms with van der Waals surface area (Å²) >= 11 is 1.87. The number of aromatic hydroxyl groups is 1. The zero-order valence-corrected chi connectivity index (χ0v) is 13.2. The van der Waals surface area contributed by atoms with Gasteiger partial charge in [0.15, 0.2) is 0 Å². The molecule has 20 heavy (non-hydrogen) atoms. The fourth-order valence-electron chi connectivity index (χ4n) is 3.10. The van der Waals surface area contributed by atoms with Gasteiger partial charge < -0.3 is 15.5 Å². The molecule has 0 saturated carbocycles. The van der Waals surface area contributed by atoms with Crippen LogP contribution in [0, 0.1) is 6.92 Å². The number of aryl methyl sites for hydroxylation is 1. The lowest BCUT2D eigenvalue weighted by atomic mass is 9.97. The molecule has 1 aromatic carbocycles. The highest BCUT2D eigenvalue weighted by Crippen LogP contribution is 2.45. The Morgan fingerprint density at radius 2 is 2.10 bits per heavy atom. The van der Waals surface area contributed by atoms with E-state index in [4.69, 9.17) is 5.11 Å². The molecule has 2 rings (SSSR count). The predicted molar refractivity (Wildman–Crippen MR) is 85.6 cm³/mol. The minimum atomic E-state index is 0.276. The van der Waals surface area contributed by atoms with Crippen LogP contribution in [0.3, 0.4) is 0 Å². The van der Waals surface area contributed by atoms with Crippen LogP contribution < -0.4 is 5.32 Å². The molecule has 2 unspecified atom stereocenters. The maximum absolute atomic E-state index is 10.1. The normalized spacial score (nSPS) is 21.1. The van der Waals surface area contributed by atoms with E-state index in [0.29, 0.717) is 11.7 Å². The third-order valence-electron chi connectivity index (χ3n) is 4.00. The largest absolute Gasteiger partial charge is 0.508 e. The summed E-state index contributed by atoms with van der Waals surface area (Å²) in [7, 11) is 0. The Balaban J connectivity index is 1.91. The first-order valence-electron chi connectivity index (χ1n) is 7.39. The van der Waals surface area contributed by atoms with Gasteiger partial charge in [-0.05, 0) is 48.6 Å². The van der Waals surface area contributed by atoms with Gasteiger partial charge in [0, 0.05) is 30.5 Å². The number of fused-ring (bicyclic) bond motifs is 1. The number of aliphatic hydroxyl groups excluding tert-OH is 1. The lowest BCUT2D eigenvalue weighted by Gasteiger charge is -2.15. The number of hydrogen-bond donors (Lipinski definition) is 3. The molecule has 2 atom stereocenters. The second-order valence-electron chi connectivity index (χ2n) is 5.56. The molecule has 0 radical (unpaired) electrons. The van der Waals surface area contributed by atoms with Crippen molar-refractivity contribution in [3.8, 4) is 5.75 Å². The molecule has 0 bridgehead atoms. The van der Waals surface area contributed by atoms with Crippen LogP contribution in [0.2, 0.25) is 0 Å². The average Bonchev–Trinajstić information content (AvgIpc) is 2.76. The average molecular weight is 295 g/mol. The molecule has 0 heterocycles. The first-order chi connectivity index (χ1) is 9.65. The molecule has 1 aliphatic rings. The van der Waals surface area contributed by atoms with E-state index in [-0.39, 0.29) is 12.6 Å². The van der Waals surface area contributed by atoms with Gasteiger partial charge in [0.1, 0.15) is 5.75 Å². The first-order valence-corrected chi connectivity index (χ1v) is 8.55. The fraction of sp³-hybridized carbons (Fsp3) is 0.625. The van der Waals surface area contributed by atoms with E-state index >= 15 is 0 Å². The summed E-state index contributed by atoms with van der Waals surface area (Å²) in [5.41, 5.74) is 3.72. The standard InChI is InChI=1S/C16H25NO2S/c1-11-4-5-14(19)16-13(10-12(2)15(11)16)17-6-9-20-8-3-7-18/h4-5,12-13,17-19H,3,6-10H2,1-2H3. The molecule has 0 amide bonds. The number of nitrogens with one attached hydrogen (secondary N) is 1. The summed E-state index contributed by atoms with van der Waals surface area (Å²) in [6.07, 6.45) is 1.93. The molecule has 0 fully saturated rings. The Bertz CT molecular complexity index is 450. The van der Waals surface area contributed by atoms with E-state index in [0.717, 1.165) is 36.5 Å². The molecule has 0 saturated heterocycles. The summed E-state index contributed by atoms with van der Waals surface area (Å²) in [6.45, 7) is 5.59. The highest BCUT2D eigenvalue weighted by atomic mass is 32.2. The molecular weight excluding hydrogens is 270 g/mol. The molecule has 3 N–H and O–H groups in total. The zero-order valence-electron chi connectivity index (χ0n) is 12.4. The van der Waals surface area contributed by atoms with Gasteiger partial charge in [-0.25, -0.2) is 0 Å². The van der Waals surface area contributed by atoms with Crippen molar-refractivity contribution >= 4 is 11.8 Å². The van der Waals surface area contributed by atoms with Gasteiger partial charge >= 0.3 is 0 Å². The van der Waals surface area contributed by atoms with Gasteiger partial charge in [0.25, 0.3) is 0 Å². The summed E-state index contributed by atoms with van der Waals surface area (Å²) in [5, 5.41) is 22.4. The van der Waals surface area contributed by atoms with Crippen molar-refractivity contribution in [2.24, 2.45) is 0 Å². The first kappa shape index (κ1) is 15.7. The van der Waals surface area contributed by atoms with Crippen LogP contribution in [0.25, 0.3) is 0 Å². The van der Waals surface area contributed by atoms with Gasteiger partial charge in [-0.1, -0.05) is 13.0 Å². The van der Waals surface area contributed by atoms with Gasteiger partial charge in [-0.15, -0.1) is 0 Å². The molecule has 3 nitrogen and oxygen atoms in total. The number of benzene rings is 1. The number of hydrogen-bond acceptors (Lipinski definition) is 4. The maximum atomic E-state index is 10.1. The van der Waals surface area contributed by atoms with Crippen LogP contribution >= 0.6 is 11.8 Å². The monoisotopic (exact) mass is 295 g/mol. The number of phenols is 1. The Kier molecular flexibility index (Phi) is 5.75. The van der Waals surface area contributed by atoms with Crippen LogP contribution in [0.1, 0.15) is 48.4 Å². The minimum absolute atomic E-state index is 0.276. The van der Waals surface area contributed by atoms with E-state index in [2.05, 4.69) is 19.2 Å². The maximum Gasteiger partial charge on any atom is 0.120 e. The summed E-state index contributed by atoms with van der Waals surface area (Å²) in [5.74, 6) is 3.00. The Morgan fingerprint density at radius 1 is 1.30 bits per heavy atom. The second-order valence-corrected chi connectivity index (χ2v) is 6.79. The van der Waals surface area contributed by atoms with Gasteiger partial charge in [0.05, 0.1) is 0 Å². The quantitative estimate of drug-likeness (QED) is 0.677. The van der Waals surface area contributed by atoms with Crippen molar-refractivity contribution in [2.75, 3.05) is 24.7 Å². The summed E-state index contributed by atoms with van der Waals surface area (Å²) in [6, 6.07) is 4.10. The number of aliphatic hydroxyl groups is 1. The minimum Gasteiger partial charge on any atom is -0.508 e. The Morgan fingerprint density at radius 3 is 2.85 bits per heavy atom. The van der Waals surface area contributed by atoms with Gasteiger partial charge in [0.2, 0.25) is 0 Å². The molecule has 0 aromatic heterocycles. The van der Waals surface area contributed by atoms with Crippen LogP contribution in [-0.4, -0.2) is 34.9 Å². The van der Waals surface area contributed by atoms with Crippen molar-refractivity contribution < 1.29 is 10.2 Å². The molecule has 1 aliphatic carbocycles. The molecular formula is C16H25NO2S. The summed E-state index contributed by atoms with van der Waals surface area (Å²) < 4.78 is 0. The van der Waals surface area contributed by atoms with Gasteiger partial charge in [-0.3, -0.25) is 0 Å². The van der Waals surface area contributed by atoms with Crippen molar-refractivity contribution in [2.45, 2.75) is 38.6 Å². The number of phenolic OH excluding ortho intramolecular Hbond substituents is 1. The van der Waals surface area contributed by atoms with E-state index in [1.807, 2.05) is 23.9 Å². The van der Waals surface area contributed by atoms with Crippen molar-refractivity contribution in [3.05, 3.63) is 28.8 Å². The lowest BCUT2D eigenvalue weighted by molar-refractivity contribution is 0.296. The van der Waals surface area contributed by atoms with Crippen LogP contribution in [-0.2, 0) is 0 Å². The van der Waals surface area contributed by atoms with Crippen LogP contribution in [0.15, 0.2) is 12.1 Å². The van der Waals surface area contributed by atoms with Crippen LogP contribution in [0.5, 0.6) is 5.75 Å². The van der Waals surface area contributed by atoms with E-state index in [1.165, 1.54) is 11.1 Å². The van der Waals surface area contributed by atoms with E-state index in [1.54, 1.807) is 0 Å². The van der Waals surface area contributed by atoms with Gasteiger partial charge in [-0.2, -0.15) is 11.8 Å². The molecule has 1 aromatic rings. The smallest absolute Gasteiger partial charge is 0.120 e. The molecule has 0 spiro atoms. The Hall–Kier alpha value is -0.710. The van der Waals surface area contributed by atoms with E-state index in [9.17, 15) is 5.11 Å². The SMILES string of the molecule is Cc1ccc(O)c2c1C(C)CC2NCCSCCCO. The Labute approximate surface area is 125 Å². The van der Waals surface area contributed by atoms with Crippen molar-refractivity contribution in [1.82, 2.24) is 5.32 Å². The summed E-state index contributed by atoms with van der Waals surface area (Å²) in [4.78, 5) is 0. The third-order valence-corrected chi connectivity index (χ3v) is 5.07. The number of thioether (sulfide) groups is 1. The van der Waals surface area contributed by atoms with Crippen LogP contribution in [0.4, 0.5) is 0 Å². The third kappa shape index (κ3) is 3.48. The number of rotatable bonds is 7. The molecule has 112 valence electrons. The predicted octanol–water partition coefficient (Wildman–Crippen LogP) is 2.95. The highest BCUT2D eigenvalue weighted by molar-refractivity contribution is 7.99. The topological polar surface area (TPSA) is 52.5 Å². The lowest BCUT2D eigenvalue weighted by Crippen LogP contribution is -2.22. The van der Waals surface area contributed by atoms with E-state index < -0.39 is 0 Å². The molecule has 0 aliphatic heterocycles. The van der Waals surface area contributed by atoms with Crippen molar-refractivity contribution in [3.63, 3.8) is 0 Å². The zero-order chi connectivity index (χ0) is 14.5. The van der Waals surface area contributed by atoms with Crippen molar-refractivity contribution in [1.29, 1.82) is 0 Å².